The summed E-state index contributed by atoms with van der Waals surface area (Å²) >= 11 is 0. The highest BCUT2D eigenvalue weighted by Gasteiger charge is 2.30. The van der Waals surface area contributed by atoms with Gasteiger partial charge in [-0.05, 0) is 44.9 Å². The van der Waals surface area contributed by atoms with E-state index in [1.807, 2.05) is 28.1 Å². The van der Waals surface area contributed by atoms with Gasteiger partial charge in [0.15, 0.2) is 0 Å². The van der Waals surface area contributed by atoms with Crippen LogP contribution in [0.25, 0.3) is 0 Å². The van der Waals surface area contributed by atoms with E-state index in [9.17, 15) is 24.2 Å². The van der Waals surface area contributed by atoms with Gasteiger partial charge in [-0.25, -0.2) is 0 Å². The highest BCUT2D eigenvalue weighted by atomic mass is 31.2. The second-order valence-electron chi connectivity index (χ2n) is 16.6. The lowest BCUT2D eigenvalue weighted by Crippen LogP contribution is -2.42. The first-order valence-electron chi connectivity index (χ1n) is 22.3. The molecule has 0 rings (SSSR count). The Morgan fingerprint density at radius 2 is 1.07 bits per heavy atom. The topological polar surface area (TPSA) is 122 Å². The van der Waals surface area contributed by atoms with Gasteiger partial charge >= 0.3 is 5.97 Å². The Hall–Kier alpha value is -1.09. The molecule has 0 spiro atoms. The fourth-order valence-electron chi connectivity index (χ4n) is 6.77. The number of ketones is 1. The maximum atomic E-state index is 13.4. The number of hydrogen-bond acceptors (Lipinski definition) is 8. The average Bonchev–Trinajstić information content (AvgIpc) is 3.12. The van der Waals surface area contributed by atoms with Gasteiger partial charge in [-0.2, -0.15) is 0 Å². The Labute approximate surface area is 333 Å². The van der Waals surface area contributed by atoms with Gasteiger partial charge in [0, 0.05) is 6.42 Å². The molecule has 0 heterocycles. The van der Waals surface area contributed by atoms with Crippen LogP contribution in [0.4, 0.5) is 0 Å². The van der Waals surface area contributed by atoms with Crippen LogP contribution in [0.2, 0.25) is 0 Å². The molecule has 0 aromatic heterocycles. The van der Waals surface area contributed by atoms with Crippen molar-refractivity contribution < 1.29 is 42.4 Å². The number of carbonyl (C=O) groups is 2. The first-order valence-corrected chi connectivity index (χ1v) is 23.8. The molecule has 0 fully saturated rings. The van der Waals surface area contributed by atoms with Crippen LogP contribution in [0.3, 0.4) is 0 Å². The third kappa shape index (κ3) is 33.1. The van der Waals surface area contributed by atoms with Crippen LogP contribution in [-0.4, -0.2) is 74.5 Å². The monoisotopic (exact) mass is 788 g/mol. The largest absolute Gasteiger partial charge is 0.756 e. The number of ether oxygens (including phenoxy) is 1. The Bertz CT molecular complexity index is 969. The van der Waals surface area contributed by atoms with Crippen molar-refractivity contribution in [3.63, 3.8) is 0 Å². The number of aliphatic hydroxyl groups excluding tert-OH is 1. The Balaban J connectivity index is 4.86. The molecule has 9 nitrogen and oxygen atoms in total. The predicted octanol–water partition coefficient (Wildman–Crippen LogP) is 11.2. The van der Waals surface area contributed by atoms with Crippen LogP contribution in [0.5, 0.6) is 0 Å². The highest BCUT2D eigenvalue weighted by Crippen LogP contribution is 2.42. The van der Waals surface area contributed by atoms with Gasteiger partial charge in [-0.1, -0.05) is 161 Å². The number of phosphoric acid groups is 1. The standard InChI is InChI=1S/C44H86NO8P/c1-7-10-12-14-16-18-20-22-24-25-27-29-31-33-35-42(43(47)36-34-32-30-28-26-23-21-19-17-15-13-11-8-2)44(48)51-39-41(38-46)53-54(49,50)52-40(9-3)37-45(4,5)6/h22,24,40-42,46H,7-21,23,25-39H2,1-6H3/b24-22-/t40?,41-,42?/m0/s1. The SMILES string of the molecule is CCCCCCCC/C=C\CCCCCCC(C(=O)CCCCCCCCCCCCCCC)C(=O)OC[C@H](CO)OP(=O)([O-])OC(CC)C[N+](C)(C)C. The summed E-state index contributed by atoms with van der Waals surface area (Å²) < 4.78 is 29.0. The van der Waals surface area contributed by atoms with E-state index in [1.54, 1.807) is 0 Å². The molecule has 0 amide bonds. The lowest BCUT2D eigenvalue weighted by Gasteiger charge is -2.34. The van der Waals surface area contributed by atoms with Crippen LogP contribution in [0.15, 0.2) is 12.2 Å². The molecule has 320 valence electrons. The van der Waals surface area contributed by atoms with Crippen LogP contribution < -0.4 is 4.89 Å². The average molecular weight is 788 g/mol. The van der Waals surface area contributed by atoms with Crippen molar-refractivity contribution >= 4 is 19.6 Å². The first-order chi connectivity index (χ1) is 25.9. The second-order valence-corrected chi connectivity index (χ2v) is 17.9. The lowest BCUT2D eigenvalue weighted by atomic mass is 9.93. The molecule has 0 aromatic rings. The number of unbranched alkanes of at least 4 members (excludes halogenated alkanes) is 22. The highest BCUT2D eigenvalue weighted by molar-refractivity contribution is 7.45. The fraction of sp³-hybridized carbons (Fsp3) is 0.909. The van der Waals surface area contributed by atoms with Crippen molar-refractivity contribution in [2.75, 3.05) is 40.9 Å². The number of rotatable bonds is 40. The van der Waals surface area contributed by atoms with Gasteiger partial charge in [0.1, 0.15) is 37.1 Å². The van der Waals surface area contributed by atoms with Gasteiger partial charge in [-0.15, -0.1) is 0 Å². The number of likely N-dealkylation sites (N-methyl/N-ethyl adjacent to an activating group) is 1. The van der Waals surface area contributed by atoms with Crippen molar-refractivity contribution in [2.24, 2.45) is 5.92 Å². The number of hydrogen-bond donors (Lipinski definition) is 1. The molecule has 0 radical (unpaired) electrons. The summed E-state index contributed by atoms with van der Waals surface area (Å²) in [6, 6.07) is 0. The predicted molar refractivity (Wildman–Crippen MR) is 222 cm³/mol. The normalized spacial score (nSPS) is 15.0. The van der Waals surface area contributed by atoms with E-state index >= 15 is 0 Å². The molecule has 1 N–H and O–H groups in total. The Kier molecular flexibility index (Phi) is 34.4. The molecular formula is C44H86NO8P. The maximum absolute atomic E-state index is 13.4. The molecule has 0 aliphatic heterocycles. The summed E-state index contributed by atoms with van der Waals surface area (Å²) in [5, 5.41) is 9.85. The molecule has 0 saturated heterocycles. The smallest absolute Gasteiger partial charge is 0.316 e. The molecular weight excluding hydrogens is 701 g/mol. The quantitative estimate of drug-likeness (QED) is 0.0163. The number of phosphoric ester groups is 1. The van der Waals surface area contributed by atoms with Crippen molar-refractivity contribution in [1.82, 2.24) is 0 Å². The molecule has 4 atom stereocenters. The number of Topliss-reactive ketones (excluding diaryl/α,β-unsaturated/α-hetero) is 1. The van der Waals surface area contributed by atoms with E-state index < -0.39 is 45.1 Å². The van der Waals surface area contributed by atoms with E-state index in [-0.39, 0.29) is 5.78 Å². The Morgan fingerprint density at radius 1 is 0.648 bits per heavy atom. The summed E-state index contributed by atoms with van der Waals surface area (Å²) in [5.74, 6) is -1.69. The maximum Gasteiger partial charge on any atom is 0.316 e. The van der Waals surface area contributed by atoms with Crippen molar-refractivity contribution in [3.8, 4) is 0 Å². The van der Waals surface area contributed by atoms with Crippen molar-refractivity contribution in [1.29, 1.82) is 0 Å². The number of nitrogens with zero attached hydrogens (tertiary/aromatic N) is 1. The van der Waals surface area contributed by atoms with E-state index in [2.05, 4.69) is 26.0 Å². The summed E-state index contributed by atoms with van der Waals surface area (Å²) in [7, 11) is 1.01. The molecule has 0 aromatic carbocycles. The number of carbonyl (C=O) groups excluding carboxylic acids is 2. The van der Waals surface area contributed by atoms with E-state index in [4.69, 9.17) is 13.8 Å². The molecule has 0 aliphatic rings. The molecule has 10 heteroatoms. The second kappa shape index (κ2) is 35.1. The molecule has 0 saturated carbocycles. The van der Waals surface area contributed by atoms with E-state index in [1.165, 1.54) is 103 Å². The Morgan fingerprint density at radius 3 is 1.52 bits per heavy atom. The summed E-state index contributed by atoms with van der Waals surface area (Å²) in [6.07, 6.45) is 33.5. The van der Waals surface area contributed by atoms with Crippen molar-refractivity contribution in [3.05, 3.63) is 12.2 Å². The lowest BCUT2D eigenvalue weighted by molar-refractivity contribution is -0.873. The third-order valence-electron chi connectivity index (χ3n) is 10.1. The van der Waals surface area contributed by atoms with Gasteiger partial charge in [0.05, 0.1) is 27.7 Å². The zero-order chi connectivity index (χ0) is 40.3. The van der Waals surface area contributed by atoms with Crippen LogP contribution in [0.1, 0.15) is 201 Å². The number of quaternary nitrogens is 1. The van der Waals surface area contributed by atoms with E-state index in [0.29, 0.717) is 30.3 Å². The van der Waals surface area contributed by atoms with Gasteiger partial charge in [0.2, 0.25) is 0 Å². The van der Waals surface area contributed by atoms with Crippen molar-refractivity contribution in [2.45, 2.75) is 213 Å². The minimum Gasteiger partial charge on any atom is -0.756 e. The number of aliphatic hydroxyl groups is 1. The van der Waals surface area contributed by atoms with Gasteiger partial charge < -0.3 is 28.3 Å². The van der Waals surface area contributed by atoms with Gasteiger partial charge in [0.25, 0.3) is 7.82 Å². The van der Waals surface area contributed by atoms with Crippen LogP contribution in [-0.2, 0) is 27.9 Å². The molecule has 0 bridgehead atoms. The number of esters is 1. The fourth-order valence-corrected chi connectivity index (χ4v) is 7.90. The van der Waals surface area contributed by atoms with Gasteiger partial charge in [-0.3, -0.25) is 14.2 Å². The first kappa shape index (κ1) is 52.9. The molecule has 0 aliphatic carbocycles. The zero-order valence-corrected chi connectivity index (χ0v) is 36.9. The molecule has 54 heavy (non-hydrogen) atoms. The minimum absolute atomic E-state index is 0.119. The zero-order valence-electron chi connectivity index (χ0n) is 36.0. The van der Waals surface area contributed by atoms with Crippen LogP contribution >= 0.6 is 7.82 Å². The minimum atomic E-state index is -4.79. The number of allylic oxidation sites excluding steroid dienone is 2. The third-order valence-corrected chi connectivity index (χ3v) is 11.2. The summed E-state index contributed by atoms with van der Waals surface area (Å²) in [6.45, 7) is 5.61. The molecule has 3 unspecified atom stereocenters. The summed E-state index contributed by atoms with van der Waals surface area (Å²) in [5.41, 5.74) is 0. The van der Waals surface area contributed by atoms with Crippen LogP contribution in [0, 0.1) is 5.92 Å². The summed E-state index contributed by atoms with van der Waals surface area (Å²) in [4.78, 5) is 39.3. The van der Waals surface area contributed by atoms with E-state index in [0.717, 1.165) is 57.8 Å².